The predicted octanol–water partition coefficient (Wildman–Crippen LogP) is -1.50. The molecule has 0 aromatic rings. The number of aliphatic hydroxyl groups is 1. The molecule has 1 unspecified atom stereocenters. The van der Waals surface area contributed by atoms with Gasteiger partial charge in [0.05, 0.1) is 6.42 Å². The van der Waals surface area contributed by atoms with E-state index in [0.717, 1.165) is 0 Å². The van der Waals surface area contributed by atoms with Crippen LogP contribution in [0.25, 0.3) is 0 Å². The van der Waals surface area contributed by atoms with Gasteiger partial charge in [0.2, 0.25) is 0 Å². The Morgan fingerprint density at radius 3 is 1.73 bits per heavy atom. The maximum atomic E-state index is 9.72. The highest BCUT2D eigenvalue weighted by Crippen LogP contribution is 1.89. The molecule has 0 bridgehead atoms. The molecule has 0 aromatic carbocycles. The van der Waals surface area contributed by atoms with Gasteiger partial charge >= 0.3 is 11.9 Å². The Morgan fingerprint density at radius 1 is 1.27 bits per heavy atom. The third kappa shape index (κ3) is 9.15. The number of aliphatic carboxylic acids is 2. The molecule has 0 aliphatic carbocycles. The van der Waals surface area contributed by atoms with Crippen LogP contribution in [-0.2, 0) is 9.59 Å². The van der Waals surface area contributed by atoms with Gasteiger partial charge in [-0.05, 0) is 0 Å². The lowest BCUT2D eigenvalue weighted by Crippen LogP contribution is -2.22. The molecule has 0 aliphatic rings. The number of carbonyl (C=O) groups is 2. The van der Waals surface area contributed by atoms with Gasteiger partial charge in [0.25, 0.3) is 0 Å². The zero-order valence-corrected chi connectivity index (χ0v) is 6.17. The lowest BCUT2D eigenvalue weighted by molar-refractivity contribution is -0.152. The van der Waals surface area contributed by atoms with Crippen LogP contribution in [-0.4, -0.2) is 38.8 Å². The number of hydrogen-bond acceptors (Lipinski definition) is 3. The van der Waals surface area contributed by atoms with Crippen LogP contribution in [0.4, 0.5) is 0 Å². The molecular formula is C4H9ClO6. The fourth-order valence-electron chi connectivity index (χ4n) is 0.253. The molecule has 6 nitrogen and oxygen atoms in total. The summed E-state index contributed by atoms with van der Waals surface area (Å²) < 4.78 is 0. The van der Waals surface area contributed by atoms with Crippen molar-refractivity contribution in [3.8, 4) is 0 Å². The van der Waals surface area contributed by atoms with Crippen LogP contribution in [0.15, 0.2) is 0 Å². The highest BCUT2D eigenvalue weighted by Gasteiger charge is 2.16. The second-order valence-corrected chi connectivity index (χ2v) is 1.45. The van der Waals surface area contributed by atoms with Crippen LogP contribution in [0.2, 0.25) is 0 Å². The third-order valence-corrected chi connectivity index (χ3v) is 0.653. The number of carboxylic acid groups (broad SMARTS) is 2. The average Bonchev–Trinajstić information content (AvgIpc) is 1.63. The van der Waals surface area contributed by atoms with E-state index in [-0.39, 0.29) is 17.9 Å². The number of rotatable bonds is 3. The van der Waals surface area contributed by atoms with Crippen molar-refractivity contribution in [1.82, 2.24) is 0 Å². The Bertz CT molecular complexity index is 135. The molecule has 0 heterocycles. The minimum atomic E-state index is -1.79. The molecule has 0 fully saturated rings. The van der Waals surface area contributed by atoms with Crippen molar-refractivity contribution < 1.29 is 30.4 Å². The number of halogens is 1. The van der Waals surface area contributed by atoms with Gasteiger partial charge in [-0.15, -0.1) is 12.4 Å². The Kier molecular flexibility index (Phi) is 11.0. The number of aliphatic hydroxyl groups excluding tert-OH is 1. The van der Waals surface area contributed by atoms with E-state index in [1.165, 1.54) is 0 Å². The summed E-state index contributed by atoms with van der Waals surface area (Å²) in [5.41, 5.74) is 0. The van der Waals surface area contributed by atoms with Crippen molar-refractivity contribution in [3.63, 3.8) is 0 Å². The van der Waals surface area contributed by atoms with Gasteiger partial charge in [-0.25, -0.2) is 4.79 Å². The fourth-order valence-corrected chi connectivity index (χ4v) is 0.253. The second-order valence-electron chi connectivity index (χ2n) is 1.45. The monoisotopic (exact) mass is 188 g/mol. The Hall–Kier alpha value is -0.850. The first-order chi connectivity index (χ1) is 4.04. The van der Waals surface area contributed by atoms with Gasteiger partial charge in [0.1, 0.15) is 0 Å². The summed E-state index contributed by atoms with van der Waals surface area (Å²) >= 11 is 0. The molecule has 68 valence electrons. The lowest BCUT2D eigenvalue weighted by atomic mass is 10.3. The van der Waals surface area contributed by atoms with E-state index in [9.17, 15) is 9.59 Å². The topological polar surface area (TPSA) is 126 Å². The average molecular weight is 189 g/mol. The summed E-state index contributed by atoms with van der Waals surface area (Å²) in [6, 6.07) is 0. The van der Waals surface area contributed by atoms with E-state index in [1.807, 2.05) is 0 Å². The normalized spacial score (nSPS) is 10.3. The SMILES string of the molecule is Cl.O.O=C(O)CC(O)C(=O)O. The molecular weight excluding hydrogens is 179 g/mol. The quantitative estimate of drug-likeness (QED) is 0.497. The fraction of sp³-hybridized carbons (Fsp3) is 0.500. The minimum absolute atomic E-state index is 0. The molecule has 7 heteroatoms. The minimum Gasteiger partial charge on any atom is -0.481 e. The maximum Gasteiger partial charge on any atom is 0.333 e. The van der Waals surface area contributed by atoms with E-state index in [2.05, 4.69) is 0 Å². The first kappa shape index (κ1) is 16.6. The smallest absolute Gasteiger partial charge is 0.333 e. The Morgan fingerprint density at radius 2 is 1.64 bits per heavy atom. The third-order valence-electron chi connectivity index (χ3n) is 0.653. The summed E-state index contributed by atoms with van der Waals surface area (Å²) in [6.07, 6.45) is -2.54. The van der Waals surface area contributed by atoms with Gasteiger partial charge in [-0.3, -0.25) is 4.79 Å². The van der Waals surface area contributed by atoms with Crippen LogP contribution in [0, 0.1) is 0 Å². The summed E-state index contributed by atoms with van der Waals surface area (Å²) in [6.45, 7) is 0. The molecule has 0 spiro atoms. The summed E-state index contributed by atoms with van der Waals surface area (Å²) in [7, 11) is 0. The van der Waals surface area contributed by atoms with E-state index < -0.39 is 24.5 Å². The maximum absolute atomic E-state index is 9.72. The van der Waals surface area contributed by atoms with Gasteiger partial charge in [-0.1, -0.05) is 0 Å². The van der Waals surface area contributed by atoms with Crippen LogP contribution in [0.5, 0.6) is 0 Å². The standard InChI is InChI=1S/C4H6O5.ClH.H2O/c5-2(4(8)9)1-3(6)7;;/h2,5H,1H2,(H,6,7)(H,8,9);1H;1H2. The van der Waals surface area contributed by atoms with Crippen molar-refractivity contribution in [1.29, 1.82) is 0 Å². The molecule has 5 N–H and O–H groups in total. The van der Waals surface area contributed by atoms with E-state index in [4.69, 9.17) is 15.3 Å². The first-order valence-electron chi connectivity index (χ1n) is 2.16. The van der Waals surface area contributed by atoms with Gasteiger partial charge in [0.15, 0.2) is 6.10 Å². The van der Waals surface area contributed by atoms with E-state index in [1.54, 1.807) is 0 Å². The summed E-state index contributed by atoms with van der Waals surface area (Å²) in [5.74, 6) is -2.85. The molecule has 0 rings (SSSR count). The molecule has 1 atom stereocenters. The molecule has 11 heavy (non-hydrogen) atoms. The molecule has 0 saturated carbocycles. The van der Waals surface area contributed by atoms with Crippen molar-refractivity contribution in [2.45, 2.75) is 12.5 Å². The predicted molar refractivity (Wildman–Crippen MR) is 36.8 cm³/mol. The molecule has 0 radical (unpaired) electrons. The largest absolute Gasteiger partial charge is 0.481 e. The molecule has 0 amide bonds. The second kappa shape index (κ2) is 7.26. The van der Waals surface area contributed by atoms with Crippen molar-refractivity contribution in [2.75, 3.05) is 0 Å². The van der Waals surface area contributed by atoms with Crippen molar-refractivity contribution in [2.24, 2.45) is 0 Å². The summed E-state index contributed by atoms with van der Waals surface area (Å²) in [4.78, 5) is 19.4. The zero-order chi connectivity index (χ0) is 7.44. The van der Waals surface area contributed by atoms with E-state index in [0.29, 0.717) is 0 Å². The van der Waals surface area contributed by atoms with Crippen LogP contribution in [0.3, 0.4) is 0 Å². The zero-order valence-electron chi connectivity index (χ0n) is 5.35. The molecule has 0 saturated heterocycles. The van der Waals surface area contributed by atoms with Crippen LogP contribution >= 0.6 is 12.4 Å². The molecule has 0 aromatic heterocycles. The number of carboxylic acids is 2. The van der Waals surface area contributed by atoms with Gasteiger partial charge in [0, 0.05) is 0 Å². The highest BCUT2D eigenvalue weighted by molar-refractivity contribution is 5.85. The van der Waals surface area contributed by atoms with Crippen LogP contribution in [0.1, 0.15) is 6.42 Å². The Labute approximate surface area is 68.2 Å². The van der Waals surface area contributed by atoms with Gasteiger partial charge < -0.3 is 20.8 Å². The van der Waals surface area contributed by atoms with E-state index >= 15 is 0 Å². The van der Waals surface area contributed by atoms with Crippen LogP contribution < -0.4 is 0 Å². The Balaban J connectivity index is -0.000000320. The van der Waals surface area contributed by atoms with Gasteiger partial charge in [-0.2, -0.15) is 0 Å². The molecule has 0 aliphatic heterocycles. The van der Waals surface area contributed by atoms with Crippen molar-refractivity contribution >= 4 is 24.3 Å². The van der Waals surface area contributed by atoms with Crippen molar-refractivity contribution in [3.05, 3.63) is 0 Å². The highest BCUT2D eigenvalue weighted by atomic mass is 35.5. The first-order valence-corrected chi connectivity index (χ1v) is 2.16. The lowest BCUT2D eigenvalue weighted by Gasteiger charge is -1.97. The number of hydrogen-bond donors (Lipinski definition) is 3. The summed E-state index contributed by atoms with van der Waals surface area (Å²) in [5, 5.41) is 24.1.